The van der Waals surface area contributed by atoms with Crippen LogP contribution in [0.4, 0.5) is 5.82 Å². The Balaban J connectivity index is 2.34. The van der Waals surface area contributed by atoms with Gasteiger partial charge in [0.1, 0.15) is 5.52 Å². The van der Waals surface area contributed by atoms with Gasteiger partial charge in [-0.1, -0.05) is 13.8 Å². The third kappa shape index (κ3) is 2.87. The Morgan fingerprint density at radius 2 is 2.16 bits per heavy atom. The number of hydrogen-bond donors (Lipinski definition) is 2. The number of anilines is 1. The summed E-state index contributed by atoms with van der Waals surface area (Å²) >= 11 is 0. The molecule has 0 bridgehead atoms. The fourth-order valence-electron chi connectivity index (χ4n) is 2.53. The van der Waals surface area contributed by atoms with Crippen LogP contribution < -0.4 is 11.1 Å². The average molecular weight is 261 g/mol. The third-order valence-electron chi connectivity index (χ3n) is 3.37. The maximum absolute atomic E-state index is 5.94. The summed E-state index contributed by atoms with van der Waals surface area (Å²) in [6, 6.07) is 1.97. The number of hydrogen-bond acceptors (Lipinski definition) is 4. The van der Waals surface area contributed by atoms with Gasteiger partial charge in [-0.15, -0.1) is 0 Å². The molecule has 0 saturated heterocycles. The summed E-state index contributed by atoms with van der Waals surface area (Å²) in [4.78, 5) is 8.83. The minimum absolute atomic E-state index is 0.160. The molecule has 2 heterocycles. The van der Waals surface area contributed by atoms with E-state index in [9.17, 15) is 0 Å². The van der Waals surface area contributed by atoms with Gasteiger partial charge in [0.15, 0.2) is 5.82 Å². The fraction of sp³-hybridized carbons (Fsp3) is 0.571. The van der Waals surface area contributed by atoms with E-state index in [0.29, 0.717) is 12.5 Å². The number of imidazole rings is 1. The predicted octanol–water partition coefficient (Wildman–Crippen LogP) is 2.14. The molecule has 0 radical (unpaired) electrons. The second-order valence-electron chi connectivity index (χ2n) is 5.87. The molecule has 0 saturated carbocycles. The number of pyridine rings is 1. The molecular weight excluding hydrogens is 238 g/mol. The highest BCUT2D eigenvalue weighted by Crippen LogP contribution is 2.25. The van der Waals surface area contributed by atoms with Crippen molar-refractivity contribution in [3.8, 4) is 0 Å². The standard InChI is InChI=1S/C14H23N5/c1-10(2)7-14(3,8-15)18-13-12-11(5-6-16-13)19(4)9-17-12/h5-6,9-10H,7-8,15H2,1-4H3,(H,16,18). The number of nitrogens with one attached hydrogen (secondary N) is 1. The van der Waals surface area contributed by atoms with Crippen LogP contribution in [0.3, 0.4) is 0 Å². The third-order valence-corrected chi connectivity index (χ3v) is 3.37. The van der Waals surface area contributed by atoms with Crippen LogP contribution in [-0.4, -0.2) is 26.6 Å². The Morgan fingerprint density at radius 1 is 1.42 bits per heavy atom. The second kappa shape index (κ2) is 5.17. The first-order valence-electron chi connectivity index (χ1n) is 6.69. The van der Waals surface area contributed by atoms with Gasteiger partial charge in [0.2, 0.25) is 0 Å². The molecule has 1 atom stereocenters. The van der Waals surface area contributed by atoms with Crippen LogP contribution in [0.15, 0.2) is 18.6 Å². The summed E-state index contributed by atoms with van der Waals surface area (Å²) in [6.07, 6.45) is 4.60. The van der Waals surface area contributed by atoms with E-state index in [0.717, 1.165) is 23.3 Å². The first kappa shape index (κ1) is 13.8. The molecule has 104 valence electrons. The SMILES string of the molecule is CC(C)CC(C)(CN)Nc1nccc2c1ncn2C. The summed E-state index contributed by atoms with van der Waals surface area (Å²) in [6.45, 7) is 7.10. The molecule has 0 aliphatic carbocycles. The minimum Gasteiger partial charge on any atom is -0.362 e. The molecule has 5 heteroatoms. The summed E-state index contributed by atoms with van der Waals surface area (Å²) in [5.41, 5.74) is 7.74. The molecule has 19 heavy (non-hydrogen) atoms. The van der Waals surface area contributed by atoms with Gasteiger partial charge in [-0.2, -0.15) is 0 Å². The summed E-state index contributed by atoms with van der Waals surface area (Å²) in [5.74, 6) is 1.38. The number of aryl methyl sites for hydroxylation is 1. The van der Waals surface area contributed by atoms with Crippen LogP contribution >= 0.6 is 0 Å². The van der Waals surface area contributed by atoms with Gasteiger partial charge in [-0.3, -0.25) is 0 Å². The Morgan fingerprint density at radius 3 is 2.79 bits per heavy atom. The molecule has 1 unspecified atom stereocenters. The lowest BCUT2D eigenvalue weighted by atomic mass is 9.91. The highest BCUT2D eigenvalue weighted by molar-refractivity contribution is 5.86. The van der Waals surface area contributed by atoms with Crippen LogP contribution in [0.5, 0.6) is 0 Å². The van der Waals surface area contributed by atoms with Crippen molar-refractivity contribution < 1.29 is 0 Å². The molecule has 0 fully saturated rings. The lowest BCUT2D eigenvalue weighted by Gasteiger charge is -2.31. The number of rotatable bonds is 5. The Labute approximate surface area is 114 Å². The Bertz CT molecular complexity index is 560. The highest BCUT2D eigenvalue weighted by Gasteiger charge is 2.25. The van der Waals surface area contributed by atoms with Crippen molar-refractivity contribution in [2.45, 2.75) is 32.7 Å². The molecule has 3 N–H and O–H groups in total. The second-order valence-corrected chi connectivity index (χ2v) is 5.87. The molecule has 0 aliphatic rings. The average Bonchev–Trinajstić information content (AvgIpc) is 2.72. The van der Waals surface area contributed by atoms with Crippen molar-refractivity contribution in [1.82, 2.24) is 14.5 Å². The molecule has 2 aromatic heterocycles. The molecule has 0 aromatic carbocycles. The van der Waals surface area contributed by atoms with Crippen molar-refractivity contribution in [3.63, 3.8) is 0 Å². The van der Waals surface area contributed by atoms with Crippen LogP contribution in [0.25, 0.3) is 11.0 Å². The van der Waals surface area contributed by atoms with E-state index in [1.54, 1.807) is 12.5 Å². The number of nitrogens with two attached hydrogens (primary N) is 1. The van der Waals surface area contributed by atoms with Crippen molar-refractivity contribution in [2.24, 2.45) is 18.7 Å². The molecule has 0 amide bonds. The number of fused-ring (bicyclic) bond motifs is 1. The van der Waals surface area contributed by atoms with E-state index in [1.165, 1.54) is 0 Å². The van der Waals surface area contributed by atoms with Gasteiger partial charge >= 0.3 is 0 Å². The lowest BCUT2D eigenvalue weighted by Crippen LogP contribution is -2.44. The van der Waals surface area contributed by atoms with Gasteiger partial charge in [0, 0.05) is 25.3 Å². The quantitative estimate of drug-likeness (QED) is 0.865. The predicted molar refractivity (Wildman–Crippen MR) is 79.0 cm³/mol. The van der Waals surface area contributed by atoms with Crippen LogP contribution in [0, 0.1) is 5.92 Å². The topological polar surface area (TPSA) is 68.8 Å². The fourth-order valence-corrected chi connectivity index (χ4v) is 2.53. The molecule has 5 nitrogen and oxygen atoms in total. The van der Waals surface area contributed by atoms with Gasteiger partial charge in [0.25, 0.3) is 0 Å². The maximum Gasteiger partial charge on any atom is 0.154 e. The maximum atomic E-state index is 5.94. The van der Waals surface area contributed by atoms with E-state index in [2.05, 4.69) is 36.1 Å². The van der Waals surface area contributed by atoms with Gasteiger partial charge < -0.3 is 15.6 Å². The van der Waals surface area contributed by atoms with Gasteiger partial charge in [0.05, 0.1) is 11.8 Å². The van der Waals surface area contributed by atoms with Crippen LogP contribution in [-0.2, 0) is 7.05 Å². The van der Waals surface area contributed by atoms with Crippen LogP contribution in [0.2, 0.25) is 0 Å². The smallest absolute Gasteiger partial charge is 0.154 e. The number of aromatic nitrogens is 3. The van der Waals surface area contributed by atoms with Crippen molar-refractivity contribution >= 4 is 16.9 Å². The summed E-state index contributed by atoms with van der Waals surface area (Å²) in [5, 5.41) is 3.48. The van der Waals surface area contributed by atoms with Crippen LogP contribution in [0.1, 0.15) is 27.2 Å². The van der Waals surface area contributed by atoms with E-state index in [1.807, 2.05) is 17.7 Å². The zero-order valence-corrected chi connectivity index (χ0v) is 12.1. The molecular formula is C14H23N5. The van der Waals surface area contributed by atoms with Crippen molar-refractivity contribution in [1.29, 1.82) is 0 Å². The van der Waals surface area contributed by atoms with Crippen molar-refractivity contribution in [3.05, 3.63) is 18.6 Å². The molecule has 2 rings (SSSR count). The largest absolute Gasteiger partial charge is 0.362 e. The highest BCUT2D eigenvalue weighted by atomic mass is 15.1. The molecule has 0 aliphatic heterocycles. The van der Waals surface area contributed by atoms with E-state index in [-0.39, 0.29) is 5.54 Å². The first-order valence-corrected chi connectivity index (χ1v) is 6.69. The normalized spacial score (nSPS) is 14.8. The van der Waals surface area contributed by atoms with Gasteiger partial charge in [-0.05, 0) is 25.3 Å². The Kier molecular flexibility index (Phi) is 3.75. The zero-order chi connectivity index (χ0) is 14.0. The number of nitrogens with zero attached hydrogens (tertiary/aromatic N) is 3. The summed E-state index contributed by atoms with van der Waals surface area (Å²) in [7, 11) is 1.98. The monoisotopic (exact) mass is 261 g/mol. The lowest BCUT2D eigenvalue weighted by molar-refractivity contribution is 0.406. The first-order chi connectivity index (χ1) is 8.95. The minimum atomic E-state index is -0.160. The van der Waals surface area contributed by atoms with Gasteiger partial charge in [-0.25, -0.2) is 9.97 Å². The Hall–Kier alpha value is -1.62. The summed E-state index contributed by atoms with van der Waals surface area (Å²) < 4.78 is 1.99. The zero-order valence-electron chi connectivity index (χ0n) is 12.1. The van der Waals surface area contributed by atoms with Crippen molar-refractivity contribution in [2.75, 3.05) is 11.9 Å². The van der Waals surface area contributed by atoms with E-state index < -0.39 is 0 Å². The molecule has 0 spiro atoms. The van der Waals surface area contributed by atoms with E-state index in [4.69, 9.17) is 5.73 Å². The van der Waals surface area contributed by atoms with E-state index >= 15 is 0 Å². The molecule has 2 aromatic rings.